The molecule has 0 amide bonds. The molecule has 1 unspecified atom stereocenters. The van der Waals surface area contributed by atoms with Crippen LogP contribution in [-0.4, -0.2) is 9.78 Å². The van der Waals surface area contributed by atoms with Crippen molar-refractivity contribution in [1.82, 2.24) is 15.2 Å². The highest BCUT2D eigenvalue weighted by atomic mass is 35.5. The molecular weight excluding hydrogens is 252 g/mol. The SMILES string of the molecule is Cc1ccc(C(Cc2c(Cl)c(C)nn2C)NN)o1. The largest absolute Gasteiger partial charge is 0.465 e. The molecule has 98 valence electrons. The molecule has 2 heterocycles. The highest BCUT2D eigenvalue weighted by Crippen LogP contribution is 2.26. The predicted octanol–water partition coefficient (Wildman–Crippen LogP) is 2.03. The molecule has 0 aromatic carbocycles. The van der Waals surface area contributed by atoms with E-state index in [9.17, 15) is 0 Å². The average molecular weight is 269 g/mol. The summed E-state index contributed by atoms with van der Waals surface area (Å²) < 4.78 is 7.36. The Morgan fingerprint density at radius 3 is 2.67 bits per heavy atom. The summed E-state index contributed by atoms with van der Waals surface area (Å²) in [5, 5.41) is 4.96. The summed E-state index contributed by atoms with van der Waals surface area (Å²) in [4.78, 5) is 0. The Balaban J connectivity index is 2.25. The lowest BCUT2D eigenvalue weighted by Gasteiger charge is -2.13. The first-order chi connectivity index (χ1) is 8.52. The number of halogens is 1. The van der Waals surface area contributed by atoms with E-state index in [1.807, 2.05) is 33.0 Å². The molecule has 0 radical (unpaired) electrons. The van der Waals surface area contributed by atoms with Crippen LogP contribution < -0.4 is 11.3 Å². The number of hydrazine groups is 1. The predicted molar refractivity (Wildman–Crippen MR) is 70.2 cm³/mol. The molecule has 0 saturated heterocycles. The molecule has 0 aliphatic carbocycles. The van der Waals surface area contributed by atoms with E-state index in [1.165, 1.54) is 0 Å². The van der Waals surface area contributed by atoms with E-state index in [-0.39, 0.29) is 6.04 Å². The fraction of sp³-hybridized carbons (Fsp3) is 0.417. The first kappa shape index (κ1) is 13.1. The van der Waals surface area contributed by atoms with E-state index in [0.717, 1.165) is 22.9 Å². The summed E-state index contributed by atoms with van der Waals surface area (Å²) in [7, 11) is 1.87. The van der Waals surface area contributed by atoms with Gasteiger partial charge < -0.3 is 4.42 Å². The Hall–Kier alpha value is -1.30. The number of nitrogens with zero attached hydrogens (tertiary/aromatic N) is 2. The van der Waals surface area contributed by atoms with Gasteiger partial charge in [-0.3, -0.25) is 10.5 Å². The number of rotatable bonds is 4. The fourth-order valence-corrected chi connectivity index (χ4v) is 2.21. The molecule has 0 aliphatic heterocycles. The zero-order chi connectivity index (χ0) is 13.3. The molecule has 2 rings (SSSR count). The van der Waals surface area contributed by atoms with Crippen LogP contribution >= 0.6 is 11.6 Å². The van der Waals surface area contributed by atoms with Gasteiger partial charge in [-0.25, -0.2) is 5.43 Å². The summed E-state index contributed by atoms with van der Waals surface area (Å²) in [6.45, 7) is 3.78. The van der Waals surface area contributed by atoms with E-state index in [0.29, 0.717) is 11.4 Å². The number of hydrogen-bond acceptors (Lipinski definition) is 4. The van der Waals surface area contributed by atoms with Crippen LogP contribution in [0.15, 0.2) is 16.5 Å². The molecule has 0 fully saturated rings. The van der Waals surface area contributed by atoms with Gasteiger partial charge in [0.2, 0.25) is 0 Å². The second kappa shape index (κ2) is 5.14. The minimum atomic E-state index is -0.119. The molecule has 18 heavy (non-hydrogen) atoms. The molecule has 2 aromatic rings. The quantitative estimate of drug-likeness (QED) is 0.658. The standard InChI is InChI=1S/C12H17ClN4O/c1-7-4-5-11(18-7)9(15-14)6-10-12(13)8(2)16-17(10)3/h4-5,9,15H,6,14H2,1-3H3. The van der Waals surface area contributed by atoms with Crippen molar-refractivity contribution in [1.29, 1.82) is 0 Å². The van der Waals surface area contributed by atoms with Crippen LogP contribution in [0, 0.1) is 13.8 Å². The fourth-order valence-electron chi connectivity index (χ4n) is 1.98. The van der Waals surface area contributed by atoms with E-state index >= 15 is 0 Å². The van der Waals surface area contributed by atoms with Gasteiger partial charge in [0.15, 0.2) is 0 Å². The van der Waals surface area contributed by atoms with Crippen LogP contribution in [0.25, 0.3) is 0 Å². The van der Waals surface area contributed by atoms with Crippen molar-refractivity contribution in [2.24, 2.45) is 12.9 Å². The van der Waals surface area contributed by atoms with Crippen molar-refractivity contribution >= 4 is 11.6 Å². The van der Waals surface area contributed by atoms with Gasteiger partial charge in [-0.2, -0.15) is 5.10 Å². The molecule has 1 atom stereocenters. The van der Waals surface area contributed by atoms with Crippen molar-refractivity contribution in [3.63, 3.8) is 0 Å². The van der Waals surface area contributed by atoms with Crippen LogP contribution in [0.4, 0.5) is 0 Å². The number of nitrogens with two attached hydrogens (primary N) is 1. The summed E-state index contributed by atoms with van der Waals surface area (Å²) in [6, 6.07) is 3.71. The van der Waals surface area contributed by atoms with Gasteiger partial charge in [0, 0.05) is 13.5 Å². The van der Waals surface area contributed by atoms with E-state index < -0.39 is 0 Å². The Morgan fingerprint density at radius 2 is 2.22 bits per heavy atom. The van der Waals surface area contributed by atoms with E-state index in [4.69, 9.17) is 21.9 Å². The van der Waals surface area contributed by atoms with Gasteiger partial charge >= 0.3 is 0 Å². The summed E-state index contributed by atoms with van der Waals surface area (Å²) >= 11 is 6.23. The molecular formula is C12H17ClN4O. The lowest BCUT2D eigenvalue weighted by molar-refractivity contribution is 0.398. The summed E-state index contributed by atoms with van der Waals surface area (Å²) in [5.74, 6) is 7.24. The smallest absolute Gasteiger partial charge is 0.122 e. The zero-order valence-electron chi connectivity index (χ0n) is 10.7. The van der Waals surface area contributed by atoms with Crippen molar-refractivity contribution in [2.45, 2.75) is 26.3 Å². The molecule has 0 bridgehead atoms. The van der Waals surface area contributed by atoms with E-state index in [2.05, 4.69) is 10.5 Å². The topological polar surface area (TPSA) is 69.0 Å². The number of aromatic nitrogens is 2. The number of hydrogen-bond donors (Lipinski definition) is 2. The van der Waals surface area contributed by atoms with Crippen LogP contribution in [-0.2, 0) is 13.5 Å². The maximum atomic E-state index is 6.23. The van der Waals surface area contributed by atoms with Gasteiger partial charge in [0.25, 0.3) is 0 Å². The number of aryl methyl sites for hydroxylation is 3. The highest BCUT2D eigenvalue weighted by Gasteiger charge is 2.19. The van der Waals surface area contributed by atoms with Crippen LogP contribution in [0.2, 0.25) is 5.02 Å². The van der Waals surface area contributed by atoms with Crippen molar-refractivity contribution in [3.05, 3.63) is 40.1 Å². The minimum absolute atomic E-state index is 0.119. The van der Waals surface area contributed by atoms with Crippen molar-refractivity contribution in [2.75, 3.05) is 0 Å². The lowest BCUT2D eigenvalue weighted by Crippen LogP contribution is -2.29. The molecule has 3 N–H and O–H groups in total. The van der Waals surface area contributed by atoms with Crippen molar-refractivity contribution < 1.29 is 4.42 Å². The first-order valence-corrected chi connectivity index (χ1v) is 6.11. The summed E-state index contributed by atoms with van der Waals surface area (Å²) in [6.07, 6.45) is 0.625. The third-order valence-electron chi connectivity index (χ3n) is 2.96. The Kier molecular flexibility index (Phi) is 3.75. The van der Waals surface area contributed by atoms with Gasteiger partial charge in [-0.05, 0) is 26.0 Å². The monoisotopic (exact) mass is 268 g/mol. The van der Waals surface area contributed by atoms with Crippen LogP contribution in [0.3, 0.4) is 0 Å². The normalized spacial score (nSPS) is 12.9. The second-order valence-corrected chi connectivity index (χ2v) is 4.72. The Labute approximate surface area is 111 Å². The highest BCUT2D eigenvalue weighted by molar-refractivity contribution is 6.31. The van der Waals surface area contributed by atoms with Crippen LogP contribution in [0.5, 0.6) is 0 Å². The first-order valence-electron chi connectivity index (χ1n) is 5.73. The third-order valence-corrected chi connectivity index (χ3v) is 3.46. The molecule has 6 heteroatoms. The van der Waals surface area contributed by atoms with Crippen LogP contribution in [0.1, 0.15) is 29.0 Å². The van der Waals surface area contributed by atoms with E-state index in [1.54, 1.807) is 4.68 Å². The van der Waals surface area contributed by atoms with Gasteiger partial charge in [0.05, 0.1) is 22.5 Å². The average Bonchev–Trinajstić information content (AvgIpc) is 2.84. The van der Waals surface area contributed by atoms with Crippen molar-refractivity contribution in [3.8, 4) is 0 Å². The molecule has 2 aromatic heterocycles. The lowest BCUT2D eigenvalue weighted by atomic mass is 10.1. The van der Waals surface area contributed by atoms with Gasteiger partial charge in [-0.1, -0.05) is 11.6 Å². The Bertz CT molecular complexity index is 546. The zero-order valence-corrected chi connectivity index (χ0v) is 11.5. The molecule has 0 spiro atoms. The molecule has 5 nitrogen and oxygen atoms in total. The molecule has 0 saturated carbocycles. The maximum Gasteiger partial charge on any atom is 0.122 e. The second-order valence-electron chi connectivity index (χ2n) is 4.34. The third kappa shape index (κ3) is 2.43. The van der Waals surface area contributed by atoms with Gasteiger partial charge in [-0.15, -0.1) is 0 Å². The molecule has 0 aliphatic rings. The van der Waals surface area contributed by atoms with Gasteiger partial charge in [0.1, 0.15) is 11.5 Å². The number of nitrogens with one attached hydrogen (secondary N) is 1. The minimum Gasteiger partial charge on any atom is -0.465 e. The summed E-state index contributed by atoms with van der Waals surface area (Å²) in [5.41, 5.74) is 4.51. The Morgan fingerprint density at radius 1 is 1.50 bits per heavy atom. The maximum absolute atomic E-state index is 6.23. The number of furan rings is 1.